The first-order valence-electron chi connectivity index (χ1n) is 10.5. The standard InChI is InChI=1S/C27H21FN2O3S/c1-34(31,32)24-13-9-20(10-14-24)25-17-22(18-29)27(33-16-15-19-5-3-2-4-6-19)30-26(25)21-7-11-23(28)12-8-21/h2-14,17H,15-16H2,1H3. The summed E-state index contributed by atoms with van der Waals surface area (Å²) in [5.41, 5.74) is 3.77. The second-order valence-electron chi connectivity index (χ2n) is 7.74. The number of halogens is 1. The van der Waals surface area contributed by atoms with Crippen molar-refractivity contribution in [2.24, 2.45) is 0 Å². The van der Waals surface area contributed by atoms with E-state index in [2.05, 4.69) is 11.1 Å². The highest BCUT2D eigenvalue weighted by Gasteiger charge is 2.17. The van der Waals surface area contributed by atoms with Gasteiger partial charge in [0.05, 0.1) is 17.2 Å². The van der Waals surface area contributed by atoms with Gasteiger partial charge in [0.25, 0.3) is 0 Å². The van der Waals surface area contributed by atoms with E-state index in [0.717, 1.165) is 11.8 Å². The second kappa shape index (κ2) is 9.86. The number of rotatable bonds is 7. The molecule has 0 aliphatic carbocycles. The first-order chi connectivity index (χ1) is 16.3. The number of nitrogens with zero attached hydrogens (tertiary/aromatic N) is 2. The first-order valence-corrected chi connectivity index (χ1v) is 12.4. The zero-order valence-electron chi connectivity index (χ0n) is 18.4. The molecular weight excluding hydrogens is 451 g/mol. The number of hydrogen-bond acceptors (Lipinski definition) is 5. The molecule has 0 N–H and O–H groups in total. The smallest absolute Gasteiger partial charge is 0.232 e. The van der Waals surface area contributed by atoms with E-state index < -0.39 is 9.84 Å². The summed E-state index contributed by atoms with van der Waals surface area (Å²) in [6.45, 7) is 0.330. The van der Waals surface area contributed by atoms with Crippen LogP contribution in [0.15, 0.2) is 89.8 Å². The Hall–Kier alpha value is -4.02. The molecule has 0 saturated carbocycles. The number of pyridine rings is 1. The maximum Gasteiger partial charge on any atom is 0.232 e. The first kappa shape index (κ1) is 23.1. The minimum Gasteiger partial charge on any atom is -0.476 e. The lowest BCUT2D eigenvalue weighted by molar-refractivity contribution is 0.309. The maximum absolute atomic E-state index is 13.6. The van der Waals surface area contributed by atoms with E-state index in [4.69, 9.17) is 4.74 Å². The van der Waals surface area contributed by atoms with Crippen molar-refractivity contribution < 1.29 is 17.5 Å². The zero-order valence-corrected chi connectivity index (χ0v) is 19.2. The topological polar surface area (TPSA) is 80.0 Å². The fourth-order valence-corrected chi connectivity index (χ4v) is 4.16. The van der Waals surface area contributed by atoms with Crippen LogP contribution in [0.1, 0.15) is 11.1 Å². The van der Waals surface area contributed by atoms with E-state index in [9.17, 15) is 18.1 Å². The van der Waals surface area contributed by atoms with Gasteiger partial charge in [0.15, 0.2) is 9.84 Å². The molecule has 170 valence electrons. The van der Waals surface area contributed by atoms with Gasteiger partial charge in [0.2, 0.25) is 5.88 Å². The van der Waals surface area contributed by atoms with Crippen molar-refractivity contribution >= 4 is 9.84 Å². The lowest BCUT2D eigenvalue weighted by Crippen LogP contribution is -2.06. The molecule has 4 aromatic rings. The van der Waals surface area contributed by atoms with Crippen LogP contribution >= 0.6 is 0 Å². The highest BCUT2D eigenvalue weighted by atomic mass is 32.2. The fourth-order valence-electron chi connectivity index (χ4n) is 3.53. The third-order valence-electron chi connectivity index (χ3n) is 5.29. The molecule has 4 rings (SSSR count). The fraction of sp³-hybridized carbons (Fsp3) is 0.111. The summed E-state index contributed by atoms with van der Waals surface area (Å²) in [5, 5.41) is 9.76. The van der Waals surface area contributed by atoms with Crippen LogP contribution in [-0.4, -0.2) is 26.3 Å². The Morgan fingerprint density at radius 2 is 1.59 bits per heavy atom. The molecule has 0 aliphatic heterocycles. The van der Waals surface area contributed by atoms with Crippen LogP contribution in [0.4, 0.5) is 4.39 Å². The van der Waals surface area contributed by atoms with E-state index in [1.807, 2.05) is 30.3 Å². The van der Waals surface area contributed by atoms with Gasteiger partial charge in [-0.15, -0.1) is 0 Å². The molecule has 0 aliphatic rings. The van der Waals surface area contributed by atoms with Gasteiger partial charge in [-0.3, -0.25) is 0 Å². The summed E-state index contributed by atoms with van der Waals surface area (Å²) in [7, 11) is -3.35. The number of aromatic nitrogens is 1. The van der Waals surface area contributed by atoms with Gasteiger partial charge in [-0.25, -0.2) is 17.8 Å². The molecule has 0 fully saturated rings. The van der Waals surface area contributed by atoms with Gasteiger partial charge >= 0.3 is 0 Å². The van der Waals surface area contributed by atoms with Crippen molar-refractivity contribution in [3.63, 3.8) is 0 Å². The molecule has 0 spiro atoms. The third-order valence-corrected chi connectivity index (χ3v) is 6.42. The van der Waals surface area contributed by atoms with E-state index >= 15 is 0 Å². The predicted molar refractivity (Wildman–Crippen MR) is 129 cm³/mol. The van der Waals surface area contributed by atoms with E-state index in [1.54, 1.807) is 30.3 Å². The van der Waals surface area contributed by atoms with Crippen molar-refractivity contribution in [3.05, 3.63) is 102 Å². The summed E-state index contributed by atoms with van der Waals surface area (Å²) in [5.74, 6) is -0.190. The number of ether oxygens (including phenoxy) is 1. The van der Waals surface area contributed by atoms with Crippen LogP contribution < -0.4 is 4.74 Å². The molecule has 3 aromatic carbocycles. The lowest BCUT2D eigenvalue weighted by atomic mass is 9.98. The highest BCUT2D eigenvalue weighted by Crippen LogP contribution is 2.35. The molecule has 1 heterocycles. The summed E-state index contributed by atoms with van der Waals surface area (Å²) >= 11 is 0. The number of nitriles is 1. The number of benzene rings is 3. The Labute approximate surface area is 198 Å². The van der Waals surface area contributed by atoms with Crippen molar-refractivity contribution in [2.45, 2.75) is 11.3 Å². The molecule has 34 heavy (non-hydrogen) atoms. The van der Waals surface area contributed by atoms with Crippen molar-refractivity contribution in [3.8, 4) is 34.3 Å². The van der Waals surface area contributed by atoms with Crippen LogP contribution in [0.2, 0.25) is 0 Å². The van der Waals surface area contributed by atoms with Crippen LogP contribution in [0.3, 0.4) is 0 Å². The second-order valence-corrected chi connectivity index (χ2v) is 9.75. The van der Waals surface area contributed by atoms with Gasteiger partial charge < -0.3 is 4.74 Å². The number of hydrogen-bond donors (Lipinski definition) is 0. The zero-order chi connectivity index (χ0) is 24.1. The van der Waals surface area contributed by atoms with Gasteiger partial charge in [0.1, 0.15) is 17.4 Å². The summed E-state index contributed by atoms with van der Waals surface area (Å²) < 4.78 is 43.1. The average Bonchev–Trinajstić information content (AvgIpc) is 2.84. The van der Waals surface area contributed by atoms with Gasteiger partial charge in [-0.05, 0) is 53.6 Å². The molecular formula is C27H21FN2O3S. The molecule has 0 amide bonds. The molecule has 0 saturated heterocycles. The van der Waals surface area contributed by atoms with Gasteiger partial charge in [-0.2, -0.15) is 5.26 Å². The van der Waals surface area contributed by atoms with Crippen molar-refractivity contribution in [1.29, 1.82) is 5.26 Å². The molecule has 1 aromatic heterocycles. The Kier molecular flexibility index (Phi) is 6.71. The van der Waals surface area contributed by atoms with Gasteiger partial charge in [-0.1, -0.05) is 42.5 Å². The van der Waals surface area contributed by atoms with E-state index in [0.29, 0.717) is 35.4 Å². The molecule has 7 heteroatoms. The number of sulfone groups is 1. The van der Waals surface area contributed by atoms with E-state index in [1.165, 1.54) is 24.3 Å². The molecule has 0 atom stereocenters. The van der Waals surface area contributed by atoms with Crippen LogP contribution in [0.5, 0.6) is 5.88 Å². The lowest BCUT2D eigenvalue weighted by Gasteiger charge is -2.14. The van der Waals surface area contributed by atoms with Crippen LogP contribution in [-0.2, 0) is 16.3 Å². The SMILES string of the molecule is CS(=O)(=O)c1ccc(-c2cc(C#N)c(OCCc3ccccc3)nc2-c2ccc(F)cc2)cc1. The Balaban J connectivity index is 1.75. The summed E-state index contributed by atoms with van der Waals surface area (Å²) in [6.07, 6.45) is 1.79. The van der Waals surface area contributed by atoms with Crippen molar-refractivity contribution in [2.75, 3.05) is 12.9 Å². The predicted octanol–water partition coefficient (Wildman–Crippen LogP) is 5.45. The van der Waals surface area contributed by atoms with Gasteiger partial charge in [0, 0.05) is 23.8 Å². The molecule has 0 unspecified atom stereocenters. The molecule has 5 nitrogen and oxygen atoms in total. The third kappa shape index (κ3) is 5.30. The normalized spacial score (nSPS) is 11.1. The Morgan fingerprint density at radius 1 is 0.941 bits per heavy atom. The van der Waals surface area contributed by atoms with Crippen LogP contribution in [0.25, 0.3) is 22.4 Å². The maximum atomic E-state index is 13.6. The van der Waals surface area contributed by atoms with E-state index in [-0.39, 0.29) is 22.2 Å². The van der Waals surface area contributed by atoms with Crippen LogP contribution in [0, 0.1) is 17.1 Å². The average molecular weight is 473 g/mol. The summed E-state index contributed by atoms with van der Waals surface area (Å²) in [4.78, 5) is 4.83. The minimum absolute atomic E-state index is 0.189. The highest BCUT2D eigenvalue weighted by molar-refractivity contribution is 7.90. The monoisotopic (exact) mass is 472 g/mol. The quantitative estimate of drug-likeness (QED) is 0.357. The molecule has 0 bridgehead atoms. The Bertz CT molecular complexity index is 1450. The van der Waals surface area contributed by atoms with Crippen molar-refractivity contribution in [1.82, 2.24) is 4.98 Å². The summed E-state index contributed by atoms with van der Waals surface area (Å²) in [6, 6.07) is 25.9. The molecule has 0 radical (unpaired) electrons. The Morgan fingerprint density at radius 3 is 2.21 bits per heavy atom. The largest absolute Gasteiger partial charge is 0.476 e. The minimum atomic E-state index is -3.35.